The van der Waals surface area contributed by atoms with Gasteiger partial charge in [-0.15, -0.1) is 0 Å². The Morgan fingerprint density at radius 1 is 1.10 bits per heavy atom. The van der Waals surface area contributed by atoms with Crippen molar-refractivity contribution in [3.05, 3.63) is 63.7 Å². The van der Waals surface area contributed by atoms with Gasteiger partial charge in [-0.1, -0.05) is 41.4 Å². The number of hydrogen-bond donors (Lipinski definition) is 1. The highest BCUT2D eigenvalue weighted by Gasteiger charge is 2.28. The van der Waals surface area contributed by atoms with Crippen LogP contribution in [0.15, 0.2) is 36.4 Å². The molecule has 2 aromatic carbocycles. The normalized spacial score (nSPS) is 12.3. The molecule has 0 heterocycles. The third-order valence-corrected chi connectivity index (χ3v) is 5.47. The van der Waals surface area contributed by atoms with Gasteiger partial charge in [0.05, 0.1) is 0 Å². The van der Waals surface area contributed by atoms with Crippen molar-refractivity contribution in [3.63, 3.8) is 0 Å². The number of hydrogen-bond acceptors (Lipinski definition) is 3. The number of ether oxygens (including phenoxy) is 1. The van der Waals surface area contributed by atoms with E-state index in [1.807, 2.05) is 77.9 Å². The molecular weight excluding hydrogens is 412 g/mol. The van der Waals surface area contributed by atoms with Gasteiger partial charge in [-0.3, -0.25) is 9.59 Å². The maximum Gasteiger partial charge on any atom is 0.261 e. The van der Waals surface area contributed by atoms with Crippen LogP contribution in [-0.4, -0.2) is 34.9 Å². The van der Waals surface area contributed by atoms with Crippen molar-refractivity contribution in [2.45, 2.75) is 66.6 Å². The predicted octanol–water partition coefficient (Wildman–Crippen LogP) is 4.98. The number of carbonyl (C=O) groups excluding carboxylic acids is 2. The smallest absolute Gasteiger partial charge is 0.261 e. The molecule has 0 spiro atoms. The van der Waals surface area contributed by atoms with Crippen molar-refractivity contribution in [2.24, 2.45) is 0 Å². The van der Waals surface area contributed by atoms with E-state index in [0.717, 1.165) is 22.3 Å². The molecule has 0 aromatic heterocycles. The minimum absolute atomic E-state index is 0.167. The SMILES string of the molecule is Cc1cccc(CN(C(=O)COc2cc(C)c(Cl)c(C)c2)C(C)C(=O)NC(C)(C)C)c1. The first-order valence-electron chi connectivity index (χ1n) is 10.4. The van der Waals surface area contributed by atoms with Crippen LogP contribution in [0.3, 0.4) is 0 Å². The zero-order valence-electron chi connectivity index (χ0n) is 19.5. The molecule has 2 amide bonds. The second-order valence-electron chi connectivity index (χ2n) is 9.09. The summed E-state index contributed by atoms with van der Waals surface area (Å²) in [7, 11) is 0. The molecule has 0 aliphatic rings. The summed E-state index contributed by atoms with van der Waals surface area (Å²) in [6, 6.07) is 10.9. The van der Waals surface area contributed by atoms with Crippen molar-refractivity contribution in [2.75, 3.05) is 6.61 Å². The molecule has 0 bridgehead atoms. The van der Waals surface area contributed by atoms with Gasteiger partial charge in [-0.25, -0.2) is 0 Å². The number of nitrogens with zero attached hydrogens (tertiary/aromatic N) is 1. The predicted molar refractivity (Wildman–Crippen MR) is 126 cm³/mol. The second-order valence-corrected chi connectivity index (χ2v) is 9.46. The highest BCUT2D eigenvalue weighted by Crippen LogP contribution is 2.26. The summed E-state index contributed by atoms with van der Waals surface area (Å²) in [6.07, 6.45) is 0. The molecule has 0 fully saturated rings. The van der Waals surface area contributed by atoms with E-state index in [1.165, 1.54) is 0 Å². The van der Waals surface area contributed by atoms with Gasteiger partial charge in [0.2, 0.25) is 5.91 Å². The molecule has 0 aliphatic carbocycles. The lowest BCUT2D eigenvalue weighted by molar-refractivity contribution is -0.142. The minimum Gasteiger partial charge on any atom is -0.484 e. The highest BCUT2D eigenvalue weighted by atomic mass is 35.5. The Morgan fingerprint density at radius 2 is 1.71 bits per heavy atom. The van der Waals surface area contributed by atoms with E-state index < -0.39 is 11.6 Å². The lowest BCUT2D eigenvalue weighted by Crippen LogP contribution is -2.53. The molecule has 1 atom stereocenters. The van der Waals surface area contributed by atoms with Gasteiger partial charge in [-0.2, -0.15) is 0 Å². The number of aryl methyl sites for hydroxylation is 3. The lowest BCUT2D eigenvalue weighted by atomic mass is 10.1. The fourth-order valence-corrected chi connectivity index (χ4v) is 3.39. The topological polar surface area (TPSA) is 58.6 Å². The van der Waals surface area contributed by atoms with Gasteiger partial charge in [0.25, 0.3) is 5.91 Å². The van der Waals surface area contributed by atoms with Crippen molar-refractivity contribution in [3.8, 4) is 5.75 Å². The average Bonchev–Trinajstić information content (AvgIpc) is 2.66. The van der Waals surface area contributed by atoms with Gasteiger partial charge in [0, 0.05) is 17.1 Å². The zero-order valence-corrected chi connectivity index (χ0v) is 20.3. The molecule has 1 unspecified atom stereocenters. The number of halogens is 1. The van der Waals surface area contributed by atoms with Crippen LogP contribution in [0.25, 0.3) is 0 Å². The van der Waals surface area contributed by atoms with Gasteiger partial charge in [-0.05, 0) is 77.3 Å². The van der Waals surface area contributed by atoms with Crippen LogP contribution in [-0.2, 0) is 16.1 Å². The second kappa shape index (κ2) is 10.2. The molecule has 0 radical (unpaired) electrons. The molecule has 2 rings (SSSR count). The average molecular weight is 445 g/mol. The number of carbonyl (C=O) groups is 2. The summed E-state index contributed by atoms with van der Waals surface area (Å²) < 4.78 is 5.78. The summed E-state index contributed by atoms with van der Waals surface area (Å²) in [4.78, 5) is 27.5. The summed E-state index contributed by atoms with van der Waals surface area (Å²) in [5.74, 6) is 0.116. The number of nitrogens with one attached hydrogen (secondary N) is 1. The van der Waals surface area contributed by atoms with E-state index in [2.05, 4.69) is 5.32 Å². The van der Waals surface area contributed by atoms with E-state index >= 15 is 0 Å². The molecule has 1 N–H and O–H groups in total. The fraction of sp³-hybridized carbons (Fsp3) is 0.440. The summed E-state index contributed by atoms with van der Waals surface area (Å²) >= 11 is 6.22. The van der Waals surface area contributed by atoms with Crippen molar-refractivity contribution >= 4 is 23.4 Å². The van der Waals surface area contributed by atoms with Crippen LogP contribution in [0.2, 0.25) is 5.02 Å². The van der Waals surface area contributed by atoms with Crippen LogP contribution < -0.4 is 10.1 Å². The van der Waals surface area contributed by atoms with Crippen molar-refractivity contribution in [1.82, 2.24) is 10.2 Å². The molecule has 2 aromatic rings. The molecule has 6 heteroatoms. The minimum atomic E-state index is -0.649. The van der Waals surface area contributed by atoms with Crippen LogP contribution in [0.4, 0.5) is 0 Å². The maximum absolute atomic E-state index is 13.1. The van der Waals surface area contributed by atoms with Crippen molar-refractivity contribution in [1.29, 1.82) is 0 Å². The Balaban J connectivity index is 2.21. The molecule has 0 aliphatic heterocycles. The number of amides is 2. The van der Waals surface area contributed by atoms with Gasteiger partial charge < -0.3 is 15.0 Å². The van der Waals surface area contributed by atoms with E-state index in [4.69, 9.17) is 16.3 Å². The van der Waals surface area contributed by atoms with Crippen molar-refractivity contribution < 1.29 is 14.3 Å². The standard InChI is InChI=1S/C25H33ClN2O3/c1-16-9-8-10-20(11-16)14-28(19(4)24(30)27-25(5,6)7)22(29)15-31-21-12-17(2)23(26)18(3)13-21/h8-13,19H,14-15H2,1-7H3,(H,27,30). The van der Waals surface area contributed by atoms with E-state index in [0.29, 0.717) is 17.3 Å². The number of benzene rings is 2. The third-order valence-electron chi connectivity index (χ3n) is 4.87. The Kier molecular flexibility index (Phi) is 8.13. The van der Waals surface area contributed by atoms with E-state index in [-0.39, 0.29) is 18.4 Å². The van der Waals surface area contributed by atoms with E-state index in [1.54, 1.807) is 11.8 Å². The zero-order chi connectivity index (χ0) is 23.3. The molecule has 5 nitrogen and oxygen atoms in total. The first-order chi connectivity index (χ1) is 14.4. The summed E-state index contributed by atoms with van der Waals surface area (Å²) in [5, 5.41) is 3.65. The maximum atomic E-state index is 13.1. The Labute approximate surface area is 190 Å². The first-order valence-corrected chi connectivity index (χ1v) is 10.8. The Hall–Kier alpha value is -2.53. The molecule has 168 valence electrons. The largest absolute Gasteiger partial charge is 0.484 e. The van der Waals surface area contributed by atoms with Crippen LogP contribution >= 0.6 is 11.6 Å². The monoisotopic (exact) mass is 444 g/mol. The van der Waals surface area contributed by atoms with Gasteiger partial charge in [0.15, 0.2) is 6.61 Å². The third kappa shape index (κ3) is 7.28. The first kappa shape index (κ1) is 24.7. The van der Waals surface area contributed by atoms with Gasteiger partial charge in [0.1, 0.15) is 11.8 Å². The van der Waals surface area contributed by atoms with Crippen LogP contribution in [0.1, 0.15) is 49.9 Å². The van der Waals surface area contributed by atoms with Crippen LogP contribution in [0.5, 0.6) is 5.75 Å². The van der Waals surface area contributed by atoms with Crippen LogP contribution in [0, 0.1) is 20.8 Å². The summed E-state index contributed by atoms with van der Waals surface area (Å²) in [5.41, 5.74) is 3.44. The molecule has 31 heavy (non-hydrogen) atoms. The highest BCUT2D eigenvalue weighted by molar-refractivity contribution is 6.32. The Bertz CT molecular complexity index is 927. The van der Waals surface area contributed by atoms with Gasteiger partial charge >= 0.3 is 0 Å². The number of rotatable bonds is 7. The quantitative estimate of drug-likeness (QED) is 0.655. The summed E-state index contributed by atoms with van der Waals surface area (Å²) in [6.45, 7) is 13.4. The molecule has 0 saturated carbocycles. The lowest BCUT2D eigenvalue weighted by Gasteiger charge is -2.31. The fourth-order valence-electron chi connectivity index (χ4n) is 3.28. The molecule has 0 saturated heterocycles. The van der Waals surface area contributed by atoms with E-state index in [9.17, 15) is 9.59 Å². The molecular formula is C25H33ClN2O3. The Morgan fingerprint density at radius 3 is 2.26 bits per heavy atom.